The SMILES string of the molecule is Cc1ccc(-c2nc(C(=O)N3CCn4c(C)nnc4C3)cs2)cc1. The standard InChI is InChI=1S/C17H17N5OS/c1-11-3-5-13(6-4-11)16-18-14(10-24-16)17(23)21-7-8-22-12(2)19-20-15(22)9-21/h3-6,10H,7-9H2,1-2H3. The van der Waals surface area contributed by atoms with E-state index in [9.17, 15) is 4.79 Å². The Morgan fingerprint density at radius 3 is 2.71 bits per heavy atom. The highest BCUT2D eigenvalue weighted by Crippen LogP contribution is 2.25. The number of hydrogen-bond donors (Lipinski definition) is 0. The molecule has 0 aliphatic carbocycles. The Kier molecular flexibility index (Phi) is 3.65. The molecule has 0 spiro atoms. The van der Waals surface area contributed by atoms with Crippen molar-refractivity contribution in [3.8, 4) is 10.6 Å². The number of fused-ring (bicyclic) bond motifs is 1. The summed E-state index contributed by atoms with van der Waals surface area (Å²) in [4.78, 5) is 19.0. The smallest absolute Gasteiger partial charge is 0.273 e. The number of aromatic nitrogens is 4. The van der Waals surface area contributed by atoms with Crippen LogP contribution in [0.25, 0.3) is 10.6 Å². The van der Waals surface area contributed by atoms with E-state index in [4.69, 9.17) is 0 Å². The van der Waals surface area contributed by atoms with Crippen molar-refractivity contribution in [3.63, 3.8) is 0 Å². The van der Waals surface area contributed by atoms with E-state index in [-0.39, 0.29) is 5.91 Å². The van der Waals surface area contributed by atoms with Crippen molar-refractivity contribution in [1.82, 2.24) is 24.6 Å². The molecule has 0 atom stereocenters. The predicted molar refractivity (Wildman–Crippen MR) is 91.8 cm³/mol. The summed E-state index contributed by atoms with van der Waals surface area (Å²) in [5.41, 5.74) is 2.75. The van der Waals surface area contributed by atoms with Crippen LogP contribution in [0.3, 0.4) is 0 Å². The average molecular weight is 339 g/mol. The molecule has 3 heterocycles. The largest absolute Gasteiger partial charge is 0.328 e. The minimum atomic E-state index is -0.0449. The van der Waals surface area contributed by atoms with Crippen LogP contribution in [-0.4, -0.2) is 37.1 Å². The molecular formula is C17H17N5OS. The summed E-state index contributed by atoms with van der Waals surface area (Å²) in [6.07, 6.45) is 0. The normalized spacial score (nSPS) is 13.8. The zero-order chi connectivity index (χ0) is 16.7. The van der Waals surface area contributed by atoms with E-state index in [1.165, 1.54) is 16.9 Å². The molecule has 0 fully saturated rings. The molecule has 6 nitrogen and oxygen atoms in total. The third kappa shape index (κ3) is 2.60. The fourth-order valence-electron chi connectivity index (χ4n) is 2.84. The molecule has 0 saturated carbocycles. The first kappa shape index (κ1) is 15.0. The van der Waals surface area contributed by atoms with Gasteiger partial charge >= 0.3 is 0 Å². The first-order chi connectivity index (χ1) is 11.6. The van der Waals surface area contributed by atoms with Gasteiger partial charge in [0.1, 0.15) is 16.5 Å². The van der Waals surface area contributed by atoms with Crippen molar-refractivity contribution < 1.29 is 4.79 Å². The van der Waals surface area contributed by atoms with Gasteiger partial charge in [-0.2, -0.15) is 0 Å². The molecule has 4 rings (SSSR count). The lowest BCUT2D eigenvalue weighted by Crippen LogP contribution is -2.38. The lowest BCUT2D eigenvalue weighted by atomic mass is 10.2. The number of benzene rings is 1. The third-order valence-corrected chi connectivity index (χ3v) is 5.14. The highest BCUT2D eigenvalue weighted by molar-refractivity contribution is 7.13. The van der Waals surface area contributed by atoms with Crippen LogP contribution in [-0.2, 0) is 13.1 Å². The van der Waals surface area contributed by atoms with Crippen LogP contribution in [0.5, 0.6) is 0 Å². The molecule has 1 aliphatic heterocycles. The van der Waals surface area contributed by atoms with Crippen molar-refractivity contribution in [3.05, 3.63) is 52.6 Å². The summed E-state index contributed by atoms with van der Waals surface area (Å²) in [6, 6.07) is 8.18. The van der Waals surface area contributed by atoms with Gasteiger partial charge in [0.2, 0.25) is 0 Å². The van der Waals surface area contributed by atoms with Gasteiger partial charge in [-0.25, -0.2) is 4.98 Å². The van der Waals surface area contributed by atoms with Crippen molar-refractivity contribution in [1.29, 1.82) is 0 Å². The highest BCUT2D eigenvalue weighted by atomic mass is 32.1. The van der Waals surface area contributed by atoms with E-state index in [0.717, 1.165) is 28.8 Å². The van der Waals surface area contributed by atoms with Crippen molar-refractivity contribution in [2.45, 2.75) is 26.9 Å². The average Bonchev–Trinajstić information content (AvgIpc) is 3.22. The molecule has 0 bridgehead atoms. The maximum atomic E-state index is 12.7. The summed E-state index contributed by atoms with van der Waals surface area (Å²) >= 11 is 1.50. The van der Waals surface area contributed by atoms with Gasteiger partial charge in [-0.1, -0.05) is 29.8 Å². The van der Waals surface area contributed by atoms with E-state index >= 15 is 0 Å². The molecular weight excluding hydrogens is 322 g/mol. The maximum Gasteiger partial charge on any atom is 0.273 e. The van der Waals surface area contributed by atoms with E-state index in [1.807, 2.05) is 24.4 Å². The topological polar surface area (TPSA) is 63.9 Å². The Balaban J connectivity index is 1.54. The number of nitrogens with zero attached hydrogens (tertiary/aromatic N) is 5. The van der Waals surface area contributed by atoms with Crippen LogP contribution in [0.1, 0.15) is 27.7 Å². The second-order valence-corrected chi connectivity index (χ2v) is 6.80. The second kappa shape index (κ2) is 5.83. The van der Waals surface area contributed by atoms with E-state index in [0.29, 0.717) is 18.8 Å². The quantitative estimate of drug-likeness (QED) is 0.720. The van der Waals surface area contributed by atoms with Crippen LogP contribution in [0.15, 0.2) is 29.6 Å². The molecule has 7 heteroatoms. The molecule has 3 aromatic rings. The Labute approximate surface area is 143 Å². The molecule has 1 aliphatic rings. The summed E-state index contributed by atoms with van der Waals surface area (Å²) in [5, 5.41) is 10.9. The summed E-state index contributed by atoms with van der Waals surface area (Å²) < 4.78 is 2.06. The van der Waals surface area contributed by atoms with Crippen LogP contribution in [0.2, 0.25) is 0 Å². The van der Waals surface area contributed by atoms with Crippen molar-refractivity contribution >= 4 is 17.2 Å². The highest BCUT2D eigenvalue weighted by Gasteiger charge is 2.25. The molecule has 2 aromatic heterocycles. The van der Waals surface area contributed by atoms with Crippen molar-refractivity contribution in [2.75, 3.05) is 6.54 Å². The van der Waals surface area contributed by atoms with Gasteiger partial charge in [0.25, 0.3) is 5.91 Å². The van der Waals surface area contributed by atoms with E-state index < -0.39 is 0 Å². The fourth-order valence-corrected chi connectivity index (χ4v) is 3.64. The fraction of sp³-hybridized carbons (Fsp3) is 0.294. The Hall–Kier alpha value is -2.54. The Morgan fingerprint density at radius 1 is 1.12 bits per heavy atom. The lowest BCUT2D eigenvalue weighted by Gasteiger charge is -2.26. The van der Waals surface area contributed by atoms with Gasteiger partial charge < -0.3 is 9.47 Å². The van der Waals surface area contributed by atoms with E-state index in [1.54, 1.807) is 4.90 Å². The van der Waals surface area contributed by atoms with Crippen LogP contribution < -0.4 is 0 Å². The number of aryl methyl sites for hydroxylation is 2. The first-order valence-electron chi connectivity index (χ1n) is 7.82. The number of amides is 1. The van der Waals surface area contributed by atoms with E-state index in [2.05, 4.69) is 38.8 Å². The monoisotopic (exact) mass is 339 g/mol. The number of rotatable bonds is 2. The number of carbonyl (C=O) groups excluding carboxylic acids is 1. The van der Waals surface area contributed by atoms with Gasteiger partial charge in [-0.15, -0.1) is 21.5 Å². The molecule has 0 radical (unpaired) electrons. The minimum Gasteiger partial charge on any atom is -0.328 e. The maximum absolute atomic E-state index is 12.7. The molecule has 0 N–H and O–H groups in total. The minimum absolute atomic E-state index is 0.0449. The number of hydrogen-bond acceptors (Lipinski definition) is 5. The summed E-state index contributed by atoms with van der Waals surface area (Å²) in [7, 11) is 0. The lowest BCUT2D eigenvalue weighted by molar-refractivity contribution is 0.0701. The molecule has 122 valence electrons. The van der Waals surface area contributed by atoms with Crippen LogP contribution in [0, 0.1) is 13.8 Å². The summed E-state index contributed by atoms with van der Waals surface area (Å²) in [6.45, 7) is 5.85. The molecule has 24 heavy (non-hydrogen) atoms. The van der Waals surface area contributed by atoms with Gasteiger partial charge in [0.05, 0.1) is 6.54 Å². The van der Waals surface area contributed by atoms with Crippen LogP contribution in [0.4, 0.5) is 0 Å². The van der Waals surface area contributed by atoms with Crippen molar-refractivity contribution in [2.24, 2.45) is 0 Å². The number of thiazole rings is 1. The molecule has 1 aromatic carbocycles. The predicted octanol–water partition coefficient (Wildman–Crippen LogP) is 2.67. The van der Waals surface area contributed by atoms with Gasteiger partial charge in [0.15, 0.2) is 5.82 Å². The molecule has 0 unspecified atom stereocenters. The third-order valence-electron chi connectivity index (χ3n) is 4.25. The Bertz CT molecular complexity index is 896. The summed E-state index contributed by atoms with van der Waals surface area (Å²) in [5.74, 6) is 1.69. The Morgan fingerprint density at radius 2 is 1.92 bits per heavy atom. The second-order valence-electron chi connectivity index (χ2n) is 5.95. The number of carbonyl (C=O) groups is 1. The molecule has 1 amide bonds. The molecule has 0 saturated heterocycles. The van der Waals surface area contributed by atoms with Gasteiger partial charge in [-0.05, 0) is 13.8 Å². The zero-order valence-electron chi connectivity index (χ0n) is 13.6. The van der Waals surface area contributed by atoms with Gasteiger partial charge in [-0.3, -0.25) is 4.79 Å². The van der Waals surface area contributed by atoms with Gasteiger partial charge in [0, 0.05) is 24.0 Å². The van der Waals surface area contributed by atoms with Crippen LogP contribution >= 0.6 is 11.3 Å². The zero-order valence-corrected chi connectivity index (χ0v) is 14.4. The first-order valence-corrected chi connectivity index (χ1v) is 8.70.